The van der Waals surface area contributed by atoms with Crippen molar-refractivity contribution < 1.29 is 17.9 Å². The van der Waals surface area contributed by atoms with Gasteiger partial charge < -0.3 is 4.74 Å². The van der Waals surface area contributed by atoms with E-state index in [1.165, 1.54) is 27.8 Å². The first-order chi connectivity index (χ1) is 18.3. The van der Waals surface area contributed by atoms with Gasteiger partial charge in [0.2, 0.25) is 10.0 Å². The number of carbonyl (C=O) groups is 1. The maximum Gasteiger partial charge on any atom is 0.260 e. The van der Waals surface area contributed by atoms with E-state index in [1.54, 1.807) is 24.1 Å². The summed E-state index contributed by atoms with van der Waals surface area (Å²) in [5.41, 5.74) is 2.55. The summed E-state index contributed by atoms with van der Waals surface area (Å²) in [5.74, 6) is -0.174. The minimum atomic E-state index is -3.60. The third-order valence-electron chi connectivity index (χ3n) is 6.94. The van der Waals surface area contributed by atoms with Crippen LogP contribution in [-0.2, 0) is 21.2 Å². The first-order valence-electron chi connectivity index (χ1n) is 13.4. The van der Waals surface area contributed by atoms with Gasteiger partial charge in [-0.2, -0.15) is 0 Å². The number of hydrogen-bond donors (Lipinski definition) is 0. The van der Waals surface area contributed by atoms with Crippen LogP contribution in [-0.4, -0.2) is 81.5 Å². The second-order valence-corrected chi connectivity index (χ2v) is 12.6. The van der Waals surface area contributed by atoms with Gasteiger partial charge in [-0.15, -0.1) is 0 Å². The quantitative estimate of drug-likeness (QED) is 0.322. The van der Waals surface area contributed by atoms with Crippen molar-refractivity contribution >= 4 is 42.6 Å². The predicted molar refractivity (Wildman–Crippen MR) is 154 cm³/mol. The van der Waals surface area contributed by atoms with Gasteiger partial charge in [-0.3, -0.25) is 14.6 Å². The van der Waals surface area contributed by atoms with Crippen molar-refractivity contribution in [1.29, 1.82) is 0 Å². The second-order valence-electron chi connectivity index (χ2n) is 9.58. The largest absolute Gasteiger partial charge is 0.379 e. The lowest BCUT2D eigenvalue weighted by Gasteiger charge is -2.27. The number of nitrogens with zero attached hydrogens (tertiary/aromatic N) is 4. The average Bonchev–Trinajstić information content (AvgIpc) is 3.38. The summed E-state index contributed by atoms with van der Waals surface area (Å²) in [6.07, 6.45) is 3.39. The number of carbonyl (C=O) groups excluding carboxylic acids is 1. The Balaban J connectivity index is 1.58. The fourth-order valence-electron chi connectivity index (χ4n) is 4.56. The molecular formula is C28H38N4O4S2. The molecule has 3 aromatic rings. The third kappa shape index (κ3) is 6.60. The first-order valence-corrected chi connectivity index (χ1v) is 15.7. The number of unbranched alkanes of at least 4 members (excludes halogenated alkanes) is 1. The van der Waals surface area contributed by atoms with E-state index < -0.39 is 10.0 Å². The van der Waals surface area contributed by atoms with Crippen LogP contribution < -0.4 is 4.90 Å². The lowest BCUT2D eigenvalue weighted by molar-refractivity contribution is 0.0376. The molecule has 1 aliphatic rings. The van der Waals surface area contributed by atoms with Crippen molar-refractivity contribution in [2.45, 2.75) is 44.4 Å². The normalized spacial score (nSPS) is 14.8. The number of benzene rings is 2. The van der Waals surface area contributed by atoms with Gasteiger partial charge in [0.1, 0.15) is 0 Å². The molecule has 8 nitrogen and oxygen atoms in total. The summed E-state index contributed by atoms with van der Waals surface area (Å²) in [6, 6.07) is 12.4. The van der Waals surface area contributed by atoms with Crippen molar-refractivity contribution in [3.8, 4) is 0 Å². The van der Waals surface area contributed by atoms with E-state index in [2.05, 4.69) is 17.9 Å². The van der Waals surface area contributed by atoms with E-state index >= 15 is 0 Å². The van der Waals surface area contributed by atoms with Crippen molar-refractivity contribution in [3.05, 3.63) is 53.6 Å². The molecule has 0 aliphatic carbocycles. The Bertz CT molecular complexity index is 1320. The minimum Gasteiger partial charge on any atom is -0.379 e. The van der Waals surface area contributed by atoms with Crippen LogP contribution in [0.1, 0.15) is 49.0 Å². The monoisotopic (exact) mass is 558 g/mol. The summed E-state index contributed by atoms with van der Waals surface area (Å²) in [6.45, 7) is 9.28. The van der Waals surface area contributed by atoms with Gasteiger partial charge in [-0.1, -0.05) is 43.7 Å². The van der Waals surface area contributed by atoms with E-state index in [9.17, 15) is 13.2 Å². The standard InChI is InChI=1S/C28H38N4O4S2/c1-4-6-15-30(3)38(34,35)24-13-11-23(12-14-24)27(33)32(17-8-16-31-18-20-36-21-19-31)28-29-26-22(5-2)9-7-10-25(26)37-28/h7,9-14H,4-6,8,15-21H2,1-3H3. The Hall–Kier alpha value is -2.37. The number of ether oxygens (including phenoxy) is 1. The van der Waals surface area contributed by atoms with Gasteiger partial charge in [0, 0.05) is 45.3 Å². The van der Waals surface area contributed by atoms with Gasteiger partial charge >= 0.3 is 0 Å². The highest BCUT2D eigenvalue weighted by Gasteiger charge is 2.24. The molecule has 4 rings (SSSR count). The Morgan fingerprint density at radius 3 is 2.47 bits per heavy atom. The zero-order chi connectivity index (χ0) is 27.1. The van der Waals surface area contributed by atoms with Crippen molar-refractivity contribution in [2.24, 2.45) is 0 Å². The Labute approximate surface area is 230 Å². The van der Waals surface area contributed by atoms with E-state index in [4.69, 9.17) is 9.72 Å². The molecule has 2 heterocycles. The number of thiazole rings is 1. The van der Waals surface area contributed by atoms with E-state index in [0.717, 1.165) is 74.3 Å². The molecule has 206 valence electrons. The molecule has 10 heteroatoms. The van der Waals surface area contributed by atoms with Crippen LogP contribution in [0.5, 0.6) is 0 Å². The third-order valence-corrected chi connectivity index (χ3v) is 9.86. The fraction of sp³-hybridized carbons (Fsp3) is 0.500. The van der Waals surface area contributed by atoms with Crippen LogP contribution in [0.2, 0.25) is 0 Å². The average molecular weight is 559 g/mol. The number of aromatic nitrogens is 1. The SMILES string of the molecule is CCCCN(C)S(=O)(=O)c1ccc(C(=O)N(CCCN2CCOCC2)c2nc3c(CC)cccc3s2)cc1. The summed E-state index contributed by atoms with van der Waals surface area (Å²) in [5, 5.41) is 0.670. The van der Waals surface area contributed by atoms with Gasteiger partial charge in [-0.05, 0) is 55.2 Å². The number of sulfonamides is 1. The lowest BCUT2D eigenvalue weighted by atomic mass is 10.1. The molecule has 1 aliphatic heterocycles. The molecular weight excluding hydrogens is 520 g/mol. The molecule has 0 saturated carbocycles. The first kappa shape index (κ1) is 28.6. The predicted octanol–water partition coefficient (Wildman–Crippen LogP) is 4.65. The molecule has 2 aromatic carbocycles. The Morgan fingerprint density at radius 1 is 1.05 bits per heavy atom. The number of aryl methyl sites for hydroxylation is 1. The summed E-state index contributed by atoms with van der Waals surface area (Å²) in [7, 11) is -2.00. The molecule has 1 aromatic heterocycles. The molecule has 0 bridgehead atoms. The summed E-state index contributed by atoms with van der Waals surface area (Å²) < 4.78 is 33.8. The van der Waals surface area contributed by atoms with Crippen molar-refractivity contribution in [3.63, 3.8) is 0 Å². The van der Waals surface area contributed by atoms with Crippen molar-refractivity contribution in [1.82, 2.24) is 14.2 Å². The molecule has 0 spiro atoms. The van der Waals surface area contributed by atoms with Crippen LogP contribution in [0.3, 0.4) is 0 Å². The lowest BCUT2D eigenvalue weighted by Crippen LogP contribution is -2.39. The van der Waals surface area contributed by atoms with Gasteiger partial charge in [0.15, 0.2) is 5.13 Å². The van der Waals surface area contributed by atoms with Gasteiger partial charge in [0.05, 0.1) is 28.3 Å². The van der Waals surface area contributed by atoms with E-state index in [0.29, 0.717) is 23.8 Å². The number of fused-ring (bicyclic) bond motifs is 1. The number of rotatable bonds is 12. The maximum atomic E-state index is 13.8. The summed E-state index contributed by atoms with van der Waals surface area (Å²) in [4.78, 5) is 23.0. The molecule has 0 unspecified atom stereocenters. The highest BCUT2D eigenvalue weighted by atomic mass is 32.2. The van der Waals surface area contributed by atoms with Crippen LogP contribution in [0.4, 0.5) is 5.13 Å². The maximum absolute atomic E-state index is 13.8. The van der Waals surface area contributed by atoms with Gasteiger partial charge in [-0.25, -0.2) is 17.7 Å². The summed E-state index contributed by atoms with van der Waals surface area (Å²) >= 11 is 1.52. The minimum absolute atomic E-state index is 0.174. The number of morpholine rings is 1. The van der Waals surface area contributed by atoms with Crippen LogP contribution in [0, 0.1) is 0 Å². The van der Waals surface area contributed by atoms with Crippen LogP contribution in [0.15, 0.2) is 47.4 Å². The molecule has 38 heavy (non-hydrogen) atoms. The number of para-hydroxylation sites is 1. The highest BCUT2D eigenvalue weighted by molar-refractivity contribution is 7.89. The smallest absolute Gasteiger partial charge is 0.260 e. The van der Waals surface area contributed by atoms with E-state index in [1.807, 2.05) is 19.1 Å². The molecule has 1 saturated heterocycles. The van der Waals surface area contributed by atoms with Crippen LogP contribution >= 0.6 is 11.3 Å². The Kier molecular flexibility index (Phi) is 9.89. The van der Waals surface area contributed by atoms with Gasteiger partial charge in [0.25, 0.3) is 5.91 Å². The zero-order valence-corrected chi connectivity index (χ0v) is 24.2. The molecule has 1 amide bonds. The van der Waals surface area contributed by atoms with Crippen LogP contribution in [0.25, 0.3) is 10.2 Å². The molecule has 0 radical (unpaired) electrons. The zero-order valence-electron chi connectivity index (χ0n) is 22.6. The highest BCUT2D eigenvalue weighted by Crippen LogP contribution is 2.32. The fourth-order valence-corrected chi connectivity index (χ4v) is 6.81. The molecule has 1 fully saturated rings. The number of hydrogen-bond acceptors (Lipinski definition) is 7. The molecule has 0 N–H and O–H groups in total. The number of amides is 1. The topological polar surface area (TPSA) is 83.1 Å². The van der Waals surface area contributed by atoms with E-state index in [-0.39, 0.29) is 10.8 Å². The molecule has 0 atom stereocenters. The second kappa shape index (κ2) is 13.1. The Morgan fingerprint density at radius 2 is 1.79 bits per heavy atom. The number of anilines is 1. The van der Waals surface area contributed by atoms with Crippen molar-refractivity contribution in [2.75, 3.05) is 57.9 Å².